The number of hydrogen-bond acceptors (Lipinski definition) is 2. The summed E-state index contributed by atoms with van der Waals surface area (Å²) in [5.74, 6) is 0. The molecule has 12 aromatic rings. The molecule has 0 spiro atoms. The van der Waals surface area contributed by atoms with Crippen LogP contribution in [0.25, 0.3) is 93.2 Å². The highest BCUT2D eigenvalue weighted by atomic mass is 16.3. The van der Waals surface area contributed by atoms with Crippen LogP contribution in [0.2, 0.25) is 0 Å². The van der Waals surface area contributed by atoms with Crippen molar-refractivity contribution < 1.29 is 4.42 Å². The Hall–Kier alpha value is -7.88. The van der Waals surface area contributed by atoms with Gasteiger partial charge in [-0.05, 0) is 111 Å². The highest BCUT2D eigenvalue weighted by molar-refractivity contribution is 6.17. The number of anilines is 3. The average molecular weight is 753 g/mol. The van der Waals surface area contributed by atoms with Crippen molar-refractivity contribution >= 4 is 82.4 Å². The van der Waals surface area contributed by atoms with E-state index in [9.17, 15) is 0 Å². The van der Waals surface area contributed by atoms with Crippen LogP contribution in [0.5, 0.6) is 0 Å². The molecule has 0 saturated carbocycles. The molecule has 3 heteroatoms. The largest absolute Gasteiger partial charge is 0.456 e. The average Bonchev–Trinajstić information content (AvgIpc) is 3.84. The zero-order chi connectivity index (χ0) is 38.9. The predicted molar refractivity (Wildman–Crippen MR) is 249 cm³/mol. The molecule has 3 nitrogen and oxygen atoms in total. The minimum atomic E-state index is 0.855. The highest BCUT2D eigenvalue weighted by Gasteiger charge is 2.23. The zero-order valence-electron chi connectivity index (χ0n) is 32.1. The SMILES string of the molecule is c1ccc(-c2ccc(N(c3ccc4c5ccccc5n(-c5ccc6ccccc6c5)c4c3)c3cccc4oc5cc6ccccc6cc5c34)cc2-c2ccccc2)cc1. The van der Waals surface area contributed by atoms with Crippen LogP contribution in [0.1, 0.15) is 0 Å². The summed E-state index contributed by atoms with van der Waals surface area (Å²) in [6, 6.07) is 78.9. The number of fused-ring (bicyclic) bond motifs is 8. The van der Waals surface area contributed by atoms with E-state index in [2.05, 4.69) is 228 Å². The van der Waals surface area contributed by atoms with Gasteiger partial charge in [0.2, 0.25) is 0 Å². The van der Waals surface area contributed by atoms with E-state index in [0.717, 1.165) is 55.6 Å². The Morgan fingerprint density at radius 2 is 0.983 bits per heavy atom. The standard InChI is InChI=1S/C56H36N2O/c1-3-15-38(16-4-1)46-30-28-44(35-49(46)39-17-5-2-6-18-39)57(52-24-13-25-54-56(52)50-33-41-20-9-10-21-42(41)34-55(50)59-54)45-29-31-48-47-22-11-12-23-51(47)58(53(48)36-45)43-27-26-37-14-7-8-19-40(37)32-43/h1-36H. The van der Waals surface area contributed by atoms with Gasteiger partial charge in [-0.25, -0.2) is 0 Å². The van der Waals surface area contributed by atoms with Crippen molar-refractivity contribution in [2.45, 2.75) is 0 Å². The van der Waals surface area contributed by atoms with Crippen LogP contribution in [-0.2, 0) is 0 Å². The highest BCUT2D eigenvalue weighted by Crippen LogP contribution is 2.47. The first-order chi connectivity index (χ1) is 29.2. The molecule has 0 aliphatic carbocycles. The van der Waals surface area contributed by atoms with E-state index in [4.69, 9.17) is 4.42 Å². The third kappa shape index (κ3) is 5.44. The van der Waals surface area contributed by atoms with Crippen molar-refractivity contribution in [3.05, 3.63) is 218 Å². The van der Waals surface area contributed by atoms with Crippen LogP contribution in [0.15, 0.2) is 223 Å². The fourth-order valence-electron chi connectivity index (χ4n) is 9.20. The lowest BCUT2D eigenvalue weighted by atomic mass is 9.93. The fraction of sp³-hybridized carbons (Fsp3) is 0. The molecule has 0 unspecified atom stereocenters. The summed E-state index contributed by atoms with van der Waals surface area (Å²) < 4.78 is 9.11. The summed E-state index contributed by atoms with van der Waals surface area (Å²) in [6.07, 6.45) is 0. The van der Waals surface area contributed by atoms with E-state index < -0.39 is 0 Å². The van der Waals surface area contributed by atoms with Crippen LogP contribution in [0, 0.1) is 0 Å². The Morgan fingerprint density at radius 3 is 1.78 bits per heavy atom. The van der Waals surface area contributed by atoms with Crippen molar-refractivity contribution in [2.24, 2.45) is 0 Å². The first-order valence-electron chi connectivity index (χ1n) is 20.2. The molecule has 0 aliphatic rings. The van der Waals surface area contributed by atoms with Gasteiger partial charge in [0.25, 0.3) is 0 Å². The molecule has 276 valence electrons. The summed E-state index contributed by atoms with van der Waals surface area (Å²) in [5, 5.41) is 9.39. The molecule has 0 aliphatic heterocycles. The van der Waals surface area contributed by atoms with Crippen molar-refractivity contribution in [3.63, 3.8) is 0 Å². The number of para-hydroxylation sites is 1. The monoisotopic (exact) mass is 752 g/mol. The minimum absolute atomic E-state index is 0.855. The Morgan fingerprint density at radius 1 is 0.356 bits per heavy atom. The molecule has 0 N–H and O–H groups in total. The van der Waals surface area contributed by atoms with E-state index in [1.165, 1.54) is 54.7 Å². The van der Waals surface area contributed by atoms with Crippen molar-refractivity contribution in [1.29, 1.82) is 0 Å². The predicted octanol–water partition coefficient (Wildman–Crippen LogP) is 15.8. The van der Waals surface area contributed by atoms with Crippen LogP contribution in [0.4, 0.5) is 17.1 Å². The smallest absolute Gasteiger partial charge is 0.137 e. The second kappa shape index (κ2) is 13.4. The fourth-order valence-corrected chi connectivity index (χ4v) is 9.20. The molecule has 12 rings (SSSR count). The molecule has 0 amide bonds. The third-order valence-corrected chi connectivity index (χ3v) is 11.9. The molecule has 2 heterocycles. The van der Waals surface area contributed by atoms with E-state index in [0.29, 0.717) is 0 Å². The summed E-state index contributed by atoms with van der Waals surface area (Å²) in [6.45, 7) is 0. The number of hydrogen-bond donors (Lipinski definition) is 0. The molecular formula is C56H36N2O. The molecule has 10 aromatic carbocycles. The molecule has 0 bridgehead atoms. The van der Waals surface area contributed by atoms with E-state index in [1.807, 2.05) is 0 Å². The van der Waals surface area contributed by atoms with Gasteiger partial charge < -0.3 is 13.9 Å². The maximum atomic E-state index is 6.68. The van der Waals surface area contributed by atoms with Gasteiger partial charge in [-0.2, -0.15) is 0 Å². The molecule has 0 atom stereocenters. The normalized spacial score (nSPS) is 11.7. The number of benzene rings is 10. The summed E-state index contributed by atoms with van der Waals surface area (Å²) in [5.41, 5.74) is 13.0. The zero-order valence-corrected chi connectivity index (χ0v) is 32.1. The number of aromatic nitrogens is 1. The molecule has 2 aromatic heterocycles. The first kappa shape index (κ1) is 33.3. The quantitative estimate of drug-likeness (QED) is 0.169. The van der Waals surface area contributed by atoms with E-state index in [1.54, 1.807) is 0 Å². The van der Waals surface area contributed by atoms with Crippen LogP contribution >= 0.6 is 0 Å². The van der Waals surface area contributed by atoms with Gasteiger partial charge >= 0.3 is 0 Å². The topological polar surface area (TPSA) is 21.3 Å². The van der Waals surface area contributed by atoms with Gasteiger partial charge in [0.1, 0.15) is 11.2 Å². The lowest BCUT2D eigenvalue weighted by Gasteiger charge is -2.28. The van der Waals surface area contributed by atoms with Gasteiger partial charge in [0.05, 0.1) is 22.1 Å². The summed E-state index contributed by atoms with van der Waals surface area (Å²) in [4.78, 5) is 2.43. The Labute approximate surface area is 341 Å². The van der Waals surface area contributed by atoms with Gasteiger partial charge in [0.15, 0.2) is 0 Å². The second-order valence-electron chi connectivity index (χ2n) is 15.3. The number of furan rings is 1. The van der Waals surface area contributed by atoms with Crippen molar-refractivity contribution in [1.82, 2.24) is 4.57 Å². The first-order valence-corrected chi connectivity index (χ1v) is 20.2. The summed E-state index contributed by atoms with van der Waals surface area (Å²) >= 11 is 0. The molecule has 0 fully saturated rings. The van der Waals surface area contributed by atoms with Crippen molar-refractivity contribution in [3.8, 4) is 27.9 Å². The van der Waals surface area contributed by atoms with Gasteiger partial charge in [-0.3, -0.25) is 0 Å². The maximum absolute atomic E-state index is 6.68. The lowest BCUT2D eigenvalue weighted by molar-refractivity contribution is 0.669. The van der Waals surface area contributed by atoms with Crippen molar-refractivity contribution in [2.75, 3.05) is 4.90 Å². The third-order valence-electron chi connectivity index (χ3n) is 11.9. The van der Waals surface area contributed by atoms with Crippen LogP contribution in [0.3, 0.4) is 0 Å². The van der Waals surface area contributed by atoms with E-state index in [-0.39, 0.29) is 0 Å². The van der Waals surface area contributed by atoms with Crippen LogP contribution in [-0.4, -0.2) is 4.57 Å². The van der Waals surface area contributed by atoms with E-state index >= 15 is 0 Å². The Balaban J connectivity index is 1.16. The number of nitrogens with zero attached hydrogens (tertiary/aromatic N) is 2. The molecule has 59 heavy (non-hydrogen) atoms. The molecule has 0 saturated heterocycles. The Bertz CT molecular complexity index is 3560. The number of rotatable bonds is 6. The van der Waals surface area contributed by atoms with Gasteiger partial charge in [-0.1, -0.05) is 152 Å². The lowest BCUT2D eigenvalue weighted by Crippen LogP contribution is -2.11. The Kier molecular flexibility index (Phi) is 7.54. The second-order valence-corrected chi connectivity index (χ2v) is 15.3. The molecular weight excluding hydrogens is 717 g/mol. The summed E-state index contributed by atoms with van der Waals surface area (Å²) in [7, 11) is 0. The minimum Gasteiger partial charge on any atom is -0.456 e. The van der Waals surface area contributed by atoms with Gasteiger partial charge in [0, 0.05) is 33.2 Å². The maximum Gasteiger partial charge on any atom is 0.137 e. The molecule has 0 radical (unpaired) electrons. The van der Waals surface area contributed by atoms with Crippen LogP contribution < -0.4 is 4.90 Å². The van der Waals surface area contributed by atoms with Gasteiger partial charge in [-0.15, -0.1) is 0 Å².